The SMILES string of the molecule is CN(C)c1ccc(/C=C(\C#N)C(=O)OCCN2C(=O)c3ccccc3C2=O)cc1. The van der Waals surface area contributed by atoms with Gasteiger partial charge in [0.15, 0.2) is 0 Å². The molecular weight excluding hydrogens is 370 g/mol. The van der Waals surface area contributed by atoms with Crippen molar-refractivity contribution in [1.82, 2.24) is 4.90 Å². The van der Waals surface area contributed by atoms with Gasteiger partial charge in [0.25, 0.3) is 11.8 Å². The van der Waals surface area contributed by atoms with E-state index >= 15 is 0 Å². The molecule has 3 rings (SSSR count). The van der Waals surface area contributed by atoms with Crippen LogP contribution in [0.3, 0.4) is 0 Å². The number of nitriles is 1. The Morgan fingerprint density at radius 3 is 2.17 bits per heavy atom. The summed E-state index contributed by atoms with van der Waals surface area (Å²) in [6.45, 7) is -0.267. The fourth-order valence-corrected chi connectivity index (χ4v) is 2.92. The molecule has 1 aliphatic heterocycles. The number of fused-ring (bicyclic) bond motifs is 1. The molecule has 146 valence electrons. The lowest BCUT2D eigenvalue weighted by molar-refractivity contribution is -0.138. The minimum Gasteiger partial charge on any atom is -0.460 e. The molecule has 2 aromatic carbocycles. The highest BCUT2D eigenvalue weighted by molar-refractivity contribution is 6.21. The zero-order valence-electron chi connectivity index (χ0n) is 16.1. The largest absolute Gasteiger partial charge is 0.460 e. The van der Waals surface area contributed by atoms with E-state index in [0.717, 1.165) is 10.6 Å². The van der Waals surface area contributed by atoms with Gasteiger partial charge in [-0.15, -0.1) is 0 Å². The number of imide groups is 1. The zero-order valence-corrected chi connectivity index (χ0v) is 16.1. The van der Waals surface area contributed by atoms with Gasteiger partial charge in [-0.2, -0.15) is 5.26 Å². The van der Waals surface area contributed by atoms with Crippen molar-refractivity contribution in [2.24, 2.45) is 0 Å². The third-order valence-corrected chi connectivity index (χ3v) is 4.49. The number of ether oxygens (including phenoxy) is 1. The van der Waals surface area contributed by atoms with Gasteiger partial charge in [0.05, 0.1) is 17.7 Å². The Morgan fingerprint density at radius 1 is 1.07 bits per heavy atom. The molecule has 0 saturated heterocycles. The number of benzene rings is 2. The quantitative estimate of drug-likeness (QED) is 0.326. The highest BCUT2D eigenvalue weighted by Gasteiger charge is 2.34. The van der Waals surface area contributed by atoms with Gasteiger partial charge in [-0.1, -0.05) is 24.3 Å². The van der Waals surface area contributed by atoms with Crippen molar-refractivity contribution in [2.75, 3.05) is 32.1 Å². The van der Waals surface area contributed by atoms with Crippen LogP contribution in [0.25, 0.3) is 6.08 Å². The molecule has 1 heterocycles. The predicted octanol–water partition coefficient (Wildman–Crippen LogP) is 2.50. The summed E-state index contributed by atoms with van der Waals surface area (Å²) < 4.78 is 5.10. The van der Waals surface area contributed by atoms with E-state index in [4.69, 9.17) is 4.74 Å². The monoisotopic (exact) mass is 389 g/mol. The summed E-state index contributed by atoms with van der Waals surface area (Å²) in [4.78, 5) is 39.7. The second-order valence-electron chi connectivity index (χ2n) is 6.60. The van der Waals surface area contributed by atoms with Gasteiger partial charge >= 0.3 is 5.97 Å². The lowest BCUT2D eigenvalue weighted by Crippen LogP contribution is -2.33. The standard InChI is InChI=1S/C22H19N3O4/c1-24(2)17-9-7-15(8-10-17)13-16(14-23)22(28)29-12-11-25-20(26)18-5-3-4-6-19(18)21(25)27/h3-10,13H,11-12H2,1-2H3/b16-13+. The van der Waals surface area contributed by atoms with E-state index in [1.165, 1.54) is 6.08 Å². The summed E-state index contributed by atoms with van der Waals surface area (Å²) in [6, 6.07) is 15.7. The Labute approximate surface area is 168 Å². The molecule has 2 aromatic rings. The lowest BCUT2D eigenvalue weighted by atomic mass is 10.1. The van der Waals surface area contributed by atoms with E-state index in [0.29, 0.717) is 16.7 Å². The number of hydrogen-bond donors (Lipinski definition) is 0. The minimum absolute atomic E-state index is 0.0751. The van der Waals surface area contributed by atoms with Gasteiger partial charge in [0.2, 0.25) is 0 Å². The molecule has 0 saturated carbocycles. The van der Waals surface area contributed by atoms with Crippen molar-refractivity contribution in [3.8, 4) is 6.07 Å². The maximum Gasteiger partial charge on any atom is 0.348 e. The average Bonchev–Trinajstić information content (AvgIpc) is 2.97. The van der Waals surface area contributed by atoms with Crippen LogP contribution in [0.5, 0.6) is 0 Å². The van der Waals surface area contributed by atoms with Gasteiger partial charge in [0, 0.05) is 19.8 Å². The van der Waals surface area contributed by atoms with Crippen LogP contribution in [0.15, 0.2) is 54.1 Å². The molecule has 0 unspecified atom stereocenters. The van der Waals surface area contributed by atoms with Gasteiger partial charge < -0.3 is 9.64 Å². The number of nitrogens with zero attached hydrogens (tertiary/aromatic N) is 3. The van der Waals surface area contributed by atoms with Gasteiger partial charge in [-0.05, 0) is 35.9 Å². The second-order valence-corrected chi connectivity index (χ2v) is 6.60. The molecule has 0 radical (unpaired) electrons. The predicted molar refractivity (Wildman–Crippen MR) is 107 cm³/mol. The number of carbonyl (C=O) groups is 3. The fraction of sp³-hybridized carbons (Fsp3) is 0.182. The molecule has 0 bridgehead atoms. The van der Waals surface area contributed by atoms with Crippen LogP contribution in [0, 0.1) is 11.3 Å². The van der Waals surface area contributed by atoms with Crippen LogP contribution in [-0.4, -0.2) is 49.9 Å². The minimum atomic E-state index is -0.805. The van der Waals surface area contributed by atoms with Crippen LogP contribution in [-0.2, 0) is 9.53 Å². The first-order valence-electron chi connectivity index (χ1n) is 8.94. The summed E-state index contributed by atoms with van der Waals surface area (Å²) in [7, 11) is 3.83. The number of esters is 1. The molecule has 7 heteroatoms. The Kier molecular flexibility index (Phi) is 5.74. The number of carbonyl (C=O) groups excluding carboxylic acids is 3. The Morgan fingerprint density at radius 2 is 1.66 bits per heavy atom. The highest BCUT2D eigenvalue weighted by atomic mass is 16.5. The summed E-state index contributed by atoms with van der Waals surface area (Å²) in [5.41, 5.74) is 2.18. The molecule has 0 spiro atoms. The summed E-state index contributed by atoms with van der Waals surface area (Å²) in [5, 5.41) is 9.27. The highest BCUT2D eigenvalue weighted by Crippen LogP contribution is 2.22. The third kappa shape index (κ3) is 4.17. The summed E-state index contributed by atoms with van der Waals surface area (Å²) in [5.74, 6) is -1.64. The first kappa shape index (κ1) is 19.8. The third-order valence-electron chi connectivity index (χ3n) is 4.49. The number of rotatable bonds is 6. The van der Waals surface area contributed by atoms with E-state index in [-0.39, 0.29) is 18.7 Å². The van der Waals surface area contributed by atoms with E-state index in [1.54, 1.807) is 36.4 Å². The maximum atomic E-state index is 12.3. The van der Waals surface area contributed by atoms with Gasteiger partial charge in [-0.25, -0.2) is 4.79 Å². The van der Waals surface area contributed by atoms with E-state index in [2.05, 4.69) is 0 Å². The van der Waals surface area contributed by atoms with Crippen LogP contribution < -0.4 is 4.90 Å². The smallest absolute Gasteiger partial charge is 0.348 e. The Hall–Kier alpha value is -3.92. The molecule has 29 heavy (non-hydrogen) atoms. The van der Waals surface area contributed by atoms with Crippen molar-refractivity contribution in [2.45, 2.75) is 0 Å². The van der Waals surface area contributed by atoms with Crippen molar-refractivity contribution in [3.05, 3.63) is 70.8 Å². The van der Waals surface area contributed by atoms with Gasteiger partial charge in [-0.3, -0.25) is 14.5 Å². The molecule has 1 aliphatic rings. The Bertz CT molecular complexity index is 998. The van der Waals surface area contributed by atoms with Crippen molar-refractivity contribution in [1.29, 1.82) is 5.26 Å². The topological polar surface area (TPSA) is 90.7 Å². The number of amides is 2. The van der Waals surface area contributed by atoms with E-state index < -0.39 is 17.8 Å². The Balaban J connectivity index is 1.60. The first-order chi connectivity index (χ1) is 13.9. The molecule has 0 fully saturated rings. The molecule has 0 N–H and O–H groups in total. The molecule has 0 atom stereocenters. The molecule has 7 nitrogen and oxygen atoms in total. The van der Waals surface area contributed by atoms with Gasteiger partial charge in [0.1, 0.15) is 18.2 Å². The lowest BCUT2D eigenvalue weighted by Gasteiger charge is -2.13. The van der Waals surface area contributed by atoms with Crippen molar-refractivity contribution < 1.29 is 19.1 Å². The zero-order chi connectivity index (χ0) is 21.0. The summed E-state index contributed by atoms with van der Waals surface area (Å²) in [6.07, 6.45) is 1.43. The van der Waals surface area contributed by atoms with Crippen LogP contribution in [0.2, 0.25) is 0 Å². The average molecular weight is 389 g/mol. The molecule has 2 amide bonds. The normalized spacial score (nSPS) is 13.1. The number of anilines is 1. The molecule has 0 aromatic heterocycles. The summed E-state index contributed by atoms with van der Waals surface area (Å²) >= 11 is 0. The van der Waals surface area contributed by atoms with Crippen molar-refractivity contribution in [3.63, 3.8) is 0 Å². The molecular formula is C22H19N3O4. The van der Waals surface area contributed by atoms with Crippen molar-refractivity contribution >= 4 is 29.5 Å². The van der Waals surface area contributed by atoms with Crippen LogP contribution >= 0.6 is 0 Å². The maximum absolute atomic E-state index is 12.3. The fourth-order valence-electron chi connectivity index (χ4n) is 2.92. The number of hydrogen-bond acceptors (Lipinski definition) is 6. The molecule has 0 aliphatic carbocycles. The second kappa shape index (κ2) is 8.40. The van der Waals surface area contributed by atoms with Crippen LogP contribution in [0.4, 0.5) is 5.69 Å². The first-order valence-corrected chi connectivity index (χ1v) is 8.94. The van der Waals surface area contributed by atoms with E-state index in [9.17, 15) is 19.6 Å². The van der Waals surface area contributed by atoms with Crippen LogP contribution in [0.1, 0.15) is 26.3 Å². The van der Waals surface area contributed by atoms with E-state index in [1.807, 2.05) is 37.2 Å².